The van der Waals surface area contributed by atoms with Gasteiger partial charge in [-0.15, -0.1) is 0 Å². The van der Waals surface area contributed by atoms with Crippen molar-refractivity contribution in [3.8, 4) is 11.8 Å². The third-order valence-electron chi connectivity index (χ3n) is 8.32. The molecule has 1 aliphatic rings. The summed E-state index contributed by atoms with van der Waals surface area (Å²) in [4.78, 5) is 30.8. The van der Waals surface area contributed by atoms with Crippen LogP contribution in [0.5, 0.6) is 0 Å². The molecule has 1 saturated heterocycles. The monoisotopic (exact) mass is 597 g/mol. The van der Waals surface area contributed by atoms with Gasteiger partial charge in [-0.3, -0.25) is 19.2 Å². The highest BCUT2D eigenvalue weighted by molar-refractivity contribution is 5.50. The molecule has 2 atom stereocenters. The van der Waals surface area contributed by atoms with E-state index >= 15 is 0 Å². The predicted molar refractivity (Wildman–Crippen MR) is 175 cm³/mol. The molecule has 0 radical (unpaired) electrons. The van der Waals surface area contributed by atoms with E-state index in [2.05, 4.69) is 58.1 Å². The molecule has 0 saturated carbocycles. The van der Waals surface area contributed by atoms with Crippen molar-refractivity contribution in [3.05, 3.63) is 176 Å². The Labute approximate surface area is 262 Å². The number of aliphatic hydroxyl groups is 1. The van der Waals surface area contributed by atoms with Crippen molar-refractivity contribution >= 4 is 0 Å². The maximum atomic E-state index is 13.3. The molecule has 2 N–H and O–H groups in total. The van der Waals surface area contributed by atoms with E-state index in [0.717, 1.165) is 27.8 Å². The van der Waals surface area contributed by atoms with E-state index in [-0.39, 0.29) is 18.7 Å². The van der Waals surface area contributed by atoms with Crippen LogP contribution < -0.4 is 11.2 Å². The predicted octanol–water partition coefficient (Wildman–Crippen LogP) is 4.62. The number of morpholine rings is 1. The summed E-state index contributed by atoms with van der Waals surface area (Å²) >= 11 is 0. The van der Waals surface area contributed by atoms with Gasteiger partial charge in [0.2, 0.25) is 0 Å². The zero-order chi connectivity index (χ0) is 31.2. The van der Waals surface area contributed by atoms with E-state index in [9.17, 15) is 14.7 Å². The molecule has 0 amide bonds. The first kappa shape index (κ1) is 30.0. The fraction of sp³-hybridized carbons (Fsp3) is 0.211. The largest absolute Gasteiger partial charge is 0.394 e. The molecule has 4 aromatic carbocycles. The van der Waals surface area contributed by atoms with Gasteiger partial charge >= 0.3 is 5.69 Å². The normalized spacial score (nSPS) is 16.9. The molecule has 0 spiro atoms. The summed E-state index contributed by atoms with van der Waals surface area (Å²) < 4.78 is 7.70. The molecular formula is C38H35N3O4. The zero-order valence-electron chi connectivity index (χ0n) is 25.1. The lowest BCUT2D eigenvalue weighted by atomic mass is 9.75. The van der Waals surface area contributed by atoms with Crippen molar-refractivity contribution in [1.82, 2.24) is 14.5 Å². The van der Waals surface area contributed by atoms with Gasteiger partial charge in [0.1, 0.15) is 5.56 Å². The molecule has 0 aliphatic carbocycles. The Morgan fingerprint density at radius 3 is 1.91 bits per heavy atom. The van der Waals surface area contributed by atoms with Crippen LogP contribution in [0.1, 0.15) is 39.6 Å². The lowest BCUT2D eigenvalue weighted by Gasteiger charge is -2.50. The van der Waals surface area contributed by atoms with Crippen LogP contribution in [0.3, 0.4) is 0 Å². The van der Waals surface area contributed by atoms with Crippen molar-refractivity contribution in [2.75, 3.05) is 19.7 Å². The number of H-pyrrole nitrogens is 1. The maximum Gasteiger partial charge on any atom is 0.330 e. The van der Waals surface area contributed by atoms with E-state index in [1.807, 2.05) is 85.8 Å². The highest BCUT2D eigenvalue weighted by Crippen LogP contribution is 2.44. The van der Waals surface area contributed by atoms with Crippen LogP contribution in [0.4, 0.5) is 0 Å². The molecule has 1 aliphatic heterocycles. The van der Waals surface area contributed by atoms with Crippen LogP contribution in [-0.2, 0) is 16.7 Å². The number of benzene rings is 4. The fourth-order valence-corrected chi connectivity index (χ4v) is 6.17. The Balaban J connectivity index is 1.44. The maximum absolute atomic E-state index is 13.3. The Kier molecular flexibility index (Phi) is 8.90. The van der Waals surface area contributed by atoms with Crippen molar-refractivity contribution < 1.29 is 9.84 Å². The summed E-state index contributed by atoms with van der Waals surface area (Å²) in [5, 5.41) is 10.4. The van der Waals surface area contributed by atoms with Gasteiger partial charge in [-0.25, -0.2) is 4.79 Å². The minimum absolute atomic E-state index is 0.170. The van der Waals surface area contributed by atoms with E-state index in [4.69, 9.17) is 4.74 Å². The molecular weight excluding hydrogens is 562 g/mol. The fourth-order valence-electron chi connectivity index (χ4n) is 6.17. The molecule has 7 nitrogen and oxygen atoms in total. The number of ether oxygens (including phenoxy) is 1. The second kappa shape index (κ2) is 13.3. The van der Waals surface area contributed by atoms with Crippen LogP contribution in [-0.4, -0.2) is 45.4 Å². The van der Waals surface area contributed by atoms with E-state index in [0.29, 0.717) is 13.0 Å². The molecule has 2 unspecified atom stereocenters. The molecule has 2 heterocycles. The zero-order valence-corrected chi connectivity index (χ0v) is 25.1. The van der Waals surface area contributed by atoms with Gasteiger partial charge in [0.15, 0.2) is 6.23 Å². The first-order valence-electron chi connectivity index (χ1n) is 15.1. The van der Waals surface area contributed by atoms with Gasteiger partial charge < -0.3 is 9.84 Å². The number of nitrogens with one attached hydrogen (secondary N) is 1. The number of aromatic nitrogens is 2. The number of aromatic amines is 1. The average molecular weight is 598 g/mol. The van der Waals surface area contributed by atoms with Crippen molar-refractivity contribution in [1.29, 1.82) is 0 Å². The van der Waals surface area contributed by atoms with Crippen LogP contribution in [0.25, 0.3) is 0 Å². The van der Waals surface area contributed by atoms with Gasteiger partial charge in [-0.05, 0) is 29.2 Å². The van der Waals surface area contributed by atoms with Crippen LogP contribution in [0, 0.1) is 18.8 Å². The summed E-state index contributed by atoms with van der Waals surface area (Å²) in [6.45, 7) is 2.46. The Hall–Kier alpha value is -5.00. The summed E-state index contributed by atoms with van der Waals surface area (Å²) in [6.07, 6.45) is 0.524. The highest BCUT2D eigenvalue weighted by atomic mass is 16.5. The number of aliphatic hydroxyl groups excluding tert-OH is 1. The van der Waals surface area contributed by atoms with Crippen LogP contribution in [0.15, 0.2) is 131 Å². The smallest absolute Gasteiger partial charge is 0.330 e. The molecule has 6 rings (SSSR count). The molecule has 0 bridgehead atoms. The Morgan fingerprint density at radius 2 is 1.38 bits per heavy atom. The van der Waals surface area contributed by atoms with Crippen molar-refractivity contribution in [2.24, 2.45) is 0 Å². The minimum Gasteiger partial charge on any atom is -0.394 e. The number of nitrogens with zero attached hydrogens (tertiary/aromatic N) is 2. The number of hydrogen-bond donors (Lipinski definition) is 2. The molecule has 226 valence electrons. The topological polar surface area (TPSA) is 87.6 Å². The Morgan fingerprint density at radius 1 is 0.822 bits per heavy atom. The first-order chi connectivity index (χ1) is 22.0. The van der Waals surface area contributed by atoms with Gasteiger partial charge in [-0.1, -0.05) is 133 Å². The van der Waals surface area contributed by atoms with Crippen LogP contribution in [0.2, 0.25) is 0 Å². The van der Waals surface area contributed by atoms with E-state index in [1.165, 1.54) is 10.8 Å². The Bertz CT molecular complexity index is 1810. The molecule has 45 heavy (non-hydrogen) atoms. The summed E-state index contributed by atoms with van der Waals surface area (Å²) in [5.41, 5.74) is 3.56. The lowest BCUT2D eigenvalue weighted by molar-refractivity contribution is -0.151. The quantitative estimate of drug-likeness (QED) is 0.211. The molecule has 7 heteroatoms. The number of aryl methyl sites for hydroxylation is 1. The van der Waals surface area contributed by atoms with Gasteiger partial charge in [-0.2, -0.15) is 0 Å². The standard InChI is InChI=1S/C38H35N3O4/c1-28-20-22-29(23-21-28)12-11-13-30-24-41(37(44)39-36(30)43)35-26-40(25-34(27-42)45-35)38(31-14-5-2-6-15-31,32-16-7-3-8-17-32)33-18-9-4-10-19-33/h2-10,14-24,34-35,42H,12,25-27H2,1H3,(H,39,43,44). The number of rotatable bonds is 7. The van der Waals surface area contributed by atoms with Gasteiger partial charge in [0.25, 0.3) is 5.56 Å². The molecule has 1 aromatic heterocycles. The van der Waals surface area contributed by atoms with E-state index in [1.54, 1.807) is 0 Å². The summed E-state index contributed by atoms with van der Waals surface area (Å²) in [6, 6.07) is 38.8. The van der Waals surface area contributed by atoms with Gasteiger partial charge in [0, 0.05) is 25.7 Å². The second-order valence-corrected chi connectivity index (χ2v) is 11.3. The lowest BCUT2D eigenvalue weighted by Crippen LogP contribution is -2.58. The van der Waals surface area contributed by atoms with Crippen LogP contribution >= 0.6 is 0 Å². The minimum atomic E-state index is -0.812. The first-order valence-corrected chi connectivity index (χ1v) is 15.1. The summed E-state index contributed by atoms with van der Waals surface area (Å²) in [5.74, 6) is 6.02. The highest BCUT2D eigenvalue weighted by Gasteiger charge is 2.46. The van der Waals surface area contributed by atoms with Crippen molar-refractivity contribution in [3.63, 3.8) is 0 Å². The molecule has 1 fully saturated rings. The average Bonchev–Trinajstić information content (AvgIpc) is 3.08. The molecule has 5 aromatic rings. The van der Waals surface area contributed by atoms with Crippen molar-refractivity contribution in [2.45, 2.75) is 31.2 Å². The summed E-state index contributed by atoms with van der Waals surface area (Å²) in [7, 11) is 0. The third-order valence-corrected chi connectivity index (χ3v) is 8.32. The second-order valence-electron chi connectivity index (χ2n) is 11.3. The van der Waals surface area contributed by atoms with Gasteiger partial charge in [0.05, 0.1) is 18.2 Å². The number of hydrogen-bond acceptors (Lipinski definition) is 5. The third kappa shape index (κ3) is 6.17. The van der Waals surface area contributed by atoms with E-state index < -0.39 is 29.1 Å². The SMILES string of the molecule is Cc1ccc(CC#Cc2cn(C3CN(C(c4ccccc4)(c4ccccc4)c4ccccc4)CC(CO)O3)c(=O)[nH]c2=O)cc1.